The Kier molecular flexibility index (Phi) is 10.3. The van der Waals surface area contributed by atoms with Crippen LogP contribution >= 0.6 is 0 Å². The first-order valence-corrected chi connectivity index (χ1v) is 10.5. The maximum atomic E-state index is 9.79. The van der Waals surface area contributed by atoms with Gasteiger partial charge in [-0.05, 0) is 63.8 Å². The van der Waals surface area contributed by atoms with Crippen molar-refractivity contribution in [1.82, 2.24) is 0 Å². The molecular weight excluding hydrogens is 380 g/mol. The molecule has 0 atom stereocenters. The first kappa shape index (κ1) is 23.3. The van der Waals surface area contributed by atoms with Crippen molar-refractivity contribution in [3.63, 3.8) is 0 Å². The fraction of sp³-hybridized carbons (Fsp3) is 0.417. The number of rotatable bonds is 13. The Morgan fingerprint density at radius 1 is 0.633 bits per heavy atom. The van der Waals surface area contributed by atoms with Crippen LogP contribution in [0.25, 0.3) is 0 Å². The number of oxime groups is 2. The molecule has 0 spiro atoms. The summed E-state index contributed by atoms with van der Waals surface area (Å²) in [5, 5.41) is 27.7. The molecule has 0 heterocycles. The number of aromatic hydroxyl groups is 2. The van der Waals surface area contributed by atoms with Crippen molar-refractivity contribution < 1.29 is 19.9 Å². The predicted octanol–water partition coefficient (Wildman–Crippen LogP) is 5.62. The minimum absolute atomic E-state index is 0.213. The summed E-state index contributed by atoms with van der Waals surface area (Å²) in [6.07, 6.45) is 6.39. The number of phenols is 2. The predicted molar refractivity (Wildman–Crippen MR) is 120 cm³/mol. The van der Waals surface area contributed by atoms with E-state index in [1.807, 2.05) is 38.1 Å². The van der Waals surface area contributed by atoms with Crippen LogP contribution in [0.1, 0.15) is 63.5 Å². The van der Waals surface area contributed by atoms with Gasteiger partial charge in [-0.25, -0.2) is 0 Å². The lowest BCUT2D eigenvalue weighted by Crippen LogP contribution is -1.98. The number of benzene rings is 2. The SMILES string of the molecule is C/C(=N\OCCCCCCCCO/N=C(\C)c1ccccc1O)c1ccccc1O. The van der Waals surface area contributed by atoms with Crippen LogP contribution in [0.5, 0.6) is 11.5 Å². The van der Waals surface area contributed by atoms with Crippen LogP contribution in [0.2, 0.25) is 0 Å². The highest BCUT2D eigenvalue weighted by Gasteiger charge is 2.04. The summed E-state index contributed by atoms with van der Waals surface area (Å²) < 4.78 is 0. The molecule has 0 amide bonds. The Hall–Kier alpha value is -3.02. The molecule has 0 unspecified atom stereocenters. The quantitative estimate of drug-likeness (QED) is 0.254. The smallest absolute Gasteiger partial charge is 0.124 e. The molecule has 2 aromatic rings. The first-order valence-electron chi connectivity index (χ1n) is 10.5. The van der Waals surface area contributed by atoms with Crippen LogP contribution in [-0.4, -0.2) is 34.9 Å². The molecule has 162 valence electrons. The van der Waals surface area contributed by atoms with Crippen molar-refractivity contribution in [3.05, 3.63) is 59.7 Å². The van der Waals surface area contributed by atoms with Crippen molar-refractivity contribution in [1.29, 1.82) is 0 Å². The van der Waals surface area contributed by atoms with Crippen molar-refractivity contribution in [3.8, 4) is 11.5 Å². The molecule has 30 heavy (non-hydrogen) atoms. The lowest BCUT2D eigenvalue weighted by Gasteiger charge is -2.05. The van der Waals surface area contributed by atoms with E-state index in [0.717, 1.165) is 38.5 Å². The van der Waals surface area contributed by atoms with Gasteiger partial charge >= 0.3 is 0 Å². The van der Waals surface area contributed by atoms with E-state index in [1.165, 1.54) is 0 Å². The molecule has 2 rings (SSSR count). The minimum Gasteiger partial charge on any atom is -0.507 e. The molecule has 0 radical (unpaired) electrons. The second-order valence-electron chi connectivity index (χ2n) is 7.18. The highest BCUT2D eigenvalue weighted by atomic mass is 16.6. The van der Waals surface area contributed by atoms with E-state index < -0.39 is 0 Å². The lowest BCUT2D eigenvalue weighted by atomic mass is 10.1. The van der Waals surface area contributed by atoms with Crippen molar-refractivity contribution in [2.45, 2.75) is 52.4 Å². The second-order valence-corrected chi connectivity index (χ2v) is 7.18. The third-order valence-electron chi connectivity index (χ3n) is 4.71. The molecule has 0 aliphatic rings. The van der Waals surface area contributed by atoms with Gasteiger partial charge in [-0.2, -0.15) is 0 Å². The van der Waals surface area contributed by atoms with Gasteiger partial charge in [0.1, 0.15) is 24.7 Å². The van der Waals surface area contributed by atoms with E-state index in [2.05, 4.69) is 10.3 Å². The van der Waals surface area contributed by atoms with E-state index in [0.29, 0.717) is 35.8 Å². The minimum atomic E-state index is 0.213. The molecule has 0 bridgehead atoms. The summed E-state index contributed by atoms with van der Waals surface area (Å²) in [5.74, 6) is 0.427. The molecule has 0 aromatic heterocycles. The number of hydrogen-bond acceptors (Lipinski definition) is 6. The van der Waals surface area contributed by atoms with Crippen LogP contribution in [0.15, 0.2) is 58.8 Å². The third-order valence-corrected chi connectivity index (χ3v) is 4.71. The number of unbranched alkanes of at least 4 members (excludes halogenated alkanes) is 5. The molecule has 6 heteroatoms. The van der Waals surface area contributed by atoms with Crippen LogP contribution in [0.3, 0.4) is 0 Å². The number of hydrogen-bond donors (Lipinski definition) is 2. The Balaban J connectivity index is 1.48. The standard InChI is InChI=1S/C24H32N2O4/c1-19(21-13-7-9-15-23(21)27)25-29-17-11-5-3-4-6-12-18-30-26-20(2)22-14-8-10-16-24(22)28/h7-10,13-16,27-28H,3-6,11-12,17-18H2,1-2H3/b25-19+,26-20+. The Morgan fingerprint density at radius 3 is 1.40 bits per heavy atom. The average molecular weight is 413 g/mol. The summed E-state index contributed by atoms with van der Waals surface area (Å²) in [7, 11) is 0. The lowest BCUT2D eigenvalue weighted by molar-refractivity contribution is 0.136. The summed E-state index contributed by atoms with van der Waals surface area (Å²) in [6, 6.07) is 14.2. The van der Waals surface area contributed by atoms with Gasteiger partial charge < -0.3 is 19.9 Å². The molecule has 0 saturated carbocycles. The first-order chi connectivity index (χ1) is 14.6. The Bertz CT molecular complexity index is 764. The molecule has 2 N–H and O–H groups in total. The van der Waals surface area contributed by atoms with Crippen molar-refractivity contribution in [2.75, 3.05) is 13.2 Å². The average Bonchev–Trinajstić information content (AvgIpc) is 2.74. The van der Waals surface area contributed by atoms with E-state index >= 15 is 0 Å². The highest BCUT2D eigenvalue weighted by molar-refractivity contribution is 6.01. The summed E-state index contributed by atoms with van der Waals surface area (Å²) >= 11 is 0. The van der Waals surface area contributed by atoms with Crippen molar-refractivity contribution in [2.24, 2.45) is 10.3 Å². The van der Waals surface area contributed by atoms with E-state index in [-0.39, 0.29) is 11.5 Å². The monoisotopic (exact) mass is 412 g/mol. The van der Waals surface area contributed by atoms with Crippen LogP contribution in [0, 0.1) is 0 Å². The zero-order chi connectivity index (χ0) is 21.6. The number of nitrogens with zero attached hydrogens (tertiary/aromatic N) is 2. The van der Waals surface area contributed by atoms with E-state index in [1.54, 1.807) is 24.3 Å². The van der Waals surface area contributed by atoms with Gasteiger partial charge in [0.25, 0.3) is 0 Å². The maximum Gasteiger partial charge on any atom is 0.124 e. The molecular formula is C24H32N2O4. The summed E-state index contributed by atoms with van der Waals surface area (Å²) in [6.45, 7) is 4.80. The fourth-order valence-electron chi connectivity index (χ4n) is 2.98. The normalized spacial score (nSPS) is 12.1. The van der Waals surface area contributed by atoms with Crippen LogP contribution in [-0.2, 0) is 9.68 Å². The van der Waals surface area contributed by atoms with Gasteiger partial charge in [0, 0.05) is 11.1 Å². The number of phenolic OH excluding ortho intramolecular Hbond substituents is 2. The van der Waals surface area contributed by atoms with Gasteiger partial charge in [0.15, 0.2) is 0 Å². The molecule has 2 aromatic carbocycles. The van der Waals surface area contributed by atoms with Gasteiger partial charge in [-0.3, -0.25) is 0 Å². The number of para-hydroxylation sites is 2. The Labute approximate surface area is 178 Å². The molecule has 0 aliphatic carbocycles. The van der Waals surface area contributed by atoms with Crippen LogP contribution < -0.4 is 0 Å². The zero-order valence-electron chi connectivity index (χ0n) is 17.9. The highest BCUT2D eigenvalue weighted by Crippen LogP contribution is 2.17. The summed E-state index contributed by atoms with van der Waals surface area (Å²) in [4.78, 5) is 10.7. The fourth-order valence-corrected chi connectivity index (χ4v) is 2.98. The molecule has 6 nitrogen and oxygen atoms in total. The zero-order valence-corrected chi connectivity index (χ0v) is 17.9. The van der Waals surface area contributed by atoms with E-state index in [4.69, 9.17) is 9.68 Å². The van der Waals surface area contributed by atoms with E-state index in [9.17, 15) is 10.2 Å². The third kappa shape index (κ3) is 8.15. The van der Waals surface area contributed by atoms with Crippen LogP contribution in [0.4, 0.5) is 0 Å². The molecule has 0 aliphatic heterocycles. The van der Waals surface area contributed by atoms with Gasteiger partial charge in [0.2, 0.25) is 0 Å². The Morgan fingerprint density at radius 2 is 1.00 bits per heavy atom. The summed E-state index contributed by atoms with van der Waals surface area (Å²) in [5.41, 5.74) is 2.74. The van der Waals surface area contributed by atoms with Gasteiger partial charge in [-0.15, -0.1) is 0 Å². The van der Waals surface area contributed by atoms with Gasteiger partial charge in [-0.1, -0.05) is 47.4 Å². The molecule has 0 saturated heterocycles. The van der Waals surface area contributed by atoms with Gasteiger partial charge in [0.05, 0.1) is 11.4 Å². The topological polar surface area (TPSA) is 83.6 Å². The van der Waals surface area contributed by atoms with Crippen molar-refractivity contribution >= 4 is 11.4 Å². The maximum absolute atomic E-state index is 9.79. The molecule has 0 fully saturated rings. The second kappa shape index (κ2) is 13.2. The largest absolute Gasteiger partial charge is 0.507 e.